The zero-order valence-corrected chi connectivity index (χ0v) is 12.4. The summed E-state index contributed by atoms with van der Waals surface area (Å²) in [5.74, 6) is 1.39. The lowest BCUT2D eigenvalue weighted by Gasteiger charge is -2.07. The van der Waals surface area contributed by atoms with E-state index in [1.807, 2.05) is 0 Å². The molecule has 0 radical (unpaired) electrons. The second-order valence-corrected chi connectivity index (χ2v) is 5.76. The van der Waals surface area contributed by atoms with E-state index in [0.29, 0.717) is 11.8 Å². The SMILES string of the molecule is Oc1ccc(C=Cc2nc(C3CCCCCC3)no2)cc1O. The van der Waals surface area contributed by atoms with Gasteiger partial charge in [-0.15, -0.1) is 0 Å². The van der Waals surface area contributed by atoms with E-state index in [-0.39, 0.29) is 11.5 Å². The van der Waals surface area contributed by atoms with Crippen LogP contribution in [0.3, 0.4) is 0 Å². The highest BCUT2D eigenvalue weighted by molar-refractivity contribution is 5.67. The third-order valence-corrected chi connectivity index (χ3v) is 4.10. The maximum Gasteiger partial charge on any atom is 0.250 e. The molecule has 1 fully saturated rings. The summed E-state index contributed by atoms with van der Waals surface area (Å²) in [6.07, 6.45) is 10.8. The van der Waals surface area contributed by atoms with Gasteiger partial charge in [0, 0.05) is 12.0 Å². The second-order valence-electron chi connectivity index (χ2n) is 5.76. The van der Waals surface area contributed by atoms with Gasteiger partial charge in [-0.25, -0.2) is 0 Å². The maximum absolute atomic E-state index is 9.46. The molecule has 1 saturated carbocycles. The predicted octanol–water partition coefficient (Wildman–Crippen LogP) is 4.09. The first-order chi connectivity index (χ1) is 10.7. The van der Waals surface area contributed by atoms with Gasteiger partial charge in [0.2, 0.25) is 0 Å². The van der Waals surface area contributed by atoms with Crippen molar-refractivity contribution in [2.24, 2.45) is 0 Å². The van der Waals surface area contributed by atoms with Gasteiger partial charge in [-0.2, -0.15) is 4.98 Å². The van der Waals surface area contributed by atoms with Crippen molar-refractivity contribution in [2.75, 3.05) is 0 Å². The third-order valence-electron chi connectivity index (χ3n) is 4.10. The number of rotatable bonds is 3. The molecule has 0 aliphatic heterocycles. The number of nitrogens with zero attached hydrogens (tertiary/aromatic N) is 2. The zero-order chi connectivity index (χ0) is 15.4. The van der Waals surface area contributed by atoms with E-state index in [1.165, 1.54) is 37.8 Å². The highest BCUT2D eigenvalue weighted by Gasteiger charge is 2.19. The topological polar surface area (TPSA) is 79.4 Å². The molecule has 2 aromatic rings. The molecule has 5 heteroatoms. The minimum atomic E-state index is -0.146. The minimum Gasteiger partial charge on any atom is -0.504 e. The van der Waals surface area contributed by atoms with Crippen LogP contribution in [-0.4, -0.2) is 20.4 Å². The predicted molar refractivity (Wildman–Crippen MR) is 83.4 cm³/mol. The fraction of sp³-hybridized carbons (Fsp3) is 0.412. The number of aromatic hydroxyl groups is 2. The Morgan fingerprint density at radius 3 is 2.50 bits per heavy atom. The molecular weight excluding hydrogens is 280 g/mol. The van der Waals surface area contributed by atoms with Crippen LogP contribution in [0.2, 0.25) is 0 Å². The fourth-order valence-electron chi connectivity index (χ4n) is 2.83. The molecule has 0 amide bonds. The minimum absolute atomic E-state index is 0.134. The van der Waals surface area contributed by atoms with Gasteiger partial charge in [0.05, 0.1) is 0 Å². The Balaban J connectivity index is 1.70. The number of hydrogen-bond acceptors (Lipinski definition) is 5. The standard InChI is InChI=1S/C17H20N2O3/c20-14-9-7-12(11-15(14)21)8-10-16-18-17(19-22-16)13-5-3-1-2-4-6-13/h7-11,13,20-21H,1-6H2. The van der Waals surface area contributed by atoms with Gasteiger partial charge in [0.1, 0.15) is 0 Å². The van der Waals surface area contributed by atoms with Crippen LogP contribution in [0.5, 0.6) is 11.5 Å². The summed E-state index contributed by atoms with van der Waals surface area (Å²) in [5.41, 5.74) is 0.754. The van der Waals surface area contributed by atoms with Crippen LogP contribution < -0.4 is 0 Å². The first-order valence-corrected chi connectivity index (χ1v) is 7.76. The van der Waals surface area contributed by atoms with E-state index >= 15 is 0 Å². The van der Waals surface area contributed by atoms with E-state index < -0.39 is 0 Å². The van der Waals surface area contributed by atoms with Gasteiger partial charge in [-0.05, 0) is 36.6 Å². The summed E-state index contributed by atoms with van der Waals surface area (Å²) < 4.78 is 5.27. The van der Waals surface area contributed by atoms with Crippen molar-refractivity contribution >= 4 is 12.2 Å². The Hall–Kier alpha value is -2.30. The Labute approximate surface area is 129 Å². The summed E-state index contributed by atoms with van der Waals surface area (Å²) in [4.78, 5) is 4.45. The van der Waals surface area contributed by atoms with Gasteiger partial charge in [0.25, 0.3) is 5.89 Å². The Kier molecular flexibility index (Phi) is 4.42. The van der Waals surface area contributed by atoms with Gasteiger partial charge < -0.3 is 14.7 Å². The van der Waals surface area contributed by atoms with Gasteiger partial charge in [-0.1, -0.05) is 36.9 Å². The molecule has 0 unspecified atom stereocenters. The Morgan fingerprint density at radius 1 is 1.00 bits per heavy atom. The number of hydrogen-bond donors (Lipinski definition) is 2. The highest BCUT2D eigenvalue weighted by atomic mass is 16.5. The van der Waals surface area contributed by atoms with E-state index in [0.717, 1.165) is 24.2 Å². The molecule has 1 aromatic carbocycles. The summed E-state index contributed by atoms with van der Waals surface area (Å²) in [6.45, 7) is 0. The average Bonchev–Trinajstić information content (AvgIpc) is 2.82. The monoisotopic (exact) mass is 300 g/mol. The van der Waals surface area contributed by atoms with E-state index in [2.05, 4.69) is 10.1 Å². The molecule has 1 aromatic heterocycles. The van der Waals surface area contributed by atoms with Crippen LogP contribution in [0, 0.1) is 0 Å². The number of phenolic OH excluding ortho intramolecular Hbond substituents is 2. The maximum atomic E-state index is 9.46. The van der Waals surface area contributed by atoms with Crippen molar-refractivity contribution in [3.05, 3.63) is 35.5 Å². The average molecular weight is 300 g/mol. The van der Waals surface area contributed by atoms with Gasteiger partial charge in [0.15, 0.2) is 17.3 Å². The largest absolute Gasteiger partial charge is 0.504 e. The molecule has 5 nitrogen and oxygen atoms in total. The number of phenols is 2. The summed E-state index contributed by atoms with van der Waals surface area (Å²) in [7, 11) is 0. The summed E-state index contributed by atoms with van der Waals surface area (Å²) >= 11 is 0. The van der Waals surface area contributed by atoms with Gasteiger partial charge in [-0.3, -0.25) is 0 Å². The molecule has 0 saturated heterocycles. The number of aromatic nitrogens is 2. The molecule has 0 bridgehead atoms. The van der Waals surface area contributed by atoms with Crippen LogP contribution >= 0.6 is 0 Å². The molecule has 0 spiro atoms. The second kappa shape index (κ2) is 6.64. The van der Waals surface area contributed by atoms with Crippen LogP contribution in [0.25, 0.3) is 12.2 Å². The van der Waals surface area contributed by atoms with Crippen LogP contribution in [-0.2, 0) is 0 Å². The quantitative estimate of drug-likeness (QED) is 0.659. The van der Waals surface area contributed by atoms with Crippen LogP contribution in [0.4, 0.5) is 0 Å². The summed E-state index contributed by atoms with van der Waals surface area (Å²) in [6, 6.07) is 4.63. The fourth-order valence-corrected chi connectivity index (χ4v) is 2.83. The van der Waals surface area contributed by atoms with E-state index in [9.17, 15) is 10.2 Å². The molecule has 1 heterocycles. The summed E-state index contributed by atoms with van der Waals surface area (Å²) in [5, 5.41) is 22.8. The first kappa shape index (κ1) is 14.6. The Bertz CT molecular complexity index is 656. The molecule has 22 heavy (non-hydrogen) atoms. The van der Waals surface area contributed by atoms with Crippen molar-refractivity contribution in [2.45, 2.75) is 44.4 Å². The van der Waals surface area contributed by atoms with Crippen molar-refractivity contribution in [1.29, 1.82) is 0 Å². The van der Waals surface area contributed by atoms with Crippen LogP contribution in [0.1, 0.15) is 61.7 Å². The van der Waals surface area contributed by atoms with E-state index in [1.54, 1.807) is 18.2 Å². The molecule has 1 aliphatic rings. The van der Waals surface area contributed by atoms with E-state index in [4.69, 9.17) is 4.52 Å². The first-order valence-electron chi connectivity index (χ1n) is 7.76. The van der Waals surface area contributed by atoms with Crippen molar-refractivity contribution < 1.29 is 14.7 Å². The third kappa shape index (κ3) is 3.47. The lowest BCUT2D eigenvalue weighted by molar-refractivity contribution is 0.393. The Morgan fingerprint density at radius 2 is 1.77 bits per heavy atom. The molecular formula is C17H20N2O3. The zero-order valence-electron chi connectivity index (χ0n) is 12.4. The van der Waals surface area contributed by atoms with Gasteiger partial charge >= 0.3 is 0 Å². The lowest BCUT2D eigenvalue weighted by Crippen LogP contribution is -1.99. The van der Waals surface area contributed by atoms with Crippen molar-refractivity contribution in [3.63, 3.8) is 0 Å². The van der Waals surface area contributed by atoms with Crippen molar-refractivity contribution in [1.82, 2.24) is 10.1 Å². The molecule has 116 valence electrons. The lowest BCUT2D eigenvalue weighted by atomic mass is 10.00. The highest BCUT2D eigenvalue weighted by Crippen LogP contribution is 2.30. The molecule has 3 rings (SSSR count). The smallest absolute Gasteiger partial charge is 0.250 e. The van der Waals surface area contributed by atoms with Crippen molar-refractivity contribution in [3.8, 4) is 11.5 Å². The molecule has 0 atom stereocenters. The van der Waals surface area contributed by atoms with Crippen LogP contribution in [0.15, 0.2) is 22.7 Å². The normalized spacial score (nSPS) is 16.9. The molecule has 1 aliphatic carbocycles. The number of benzene rings is 1. The molecule has 2 N–H and O–H groups in total.